The molecule has 3 nitrogen and oxygen atoms in total. The van der Waals surface area contributed by atoms with Crippen molar-refractivity contribution < 1.29 is 0 Å². The molecule has 2 aromatic rings. The number of aromatic nitrogens is 1. The maximum absolute atomic E-state index is 6.62. The molecule has 0 radical (unpaired) electrons. The molecule has 30 heavy (non-hydrogen) atoms. The van der Waals surface area contributed by atoms with Gasteiger partial charge in [0.15, 0.2) is 0 Å². The number of pyridine rings is 1. The first-order chi connectivity index (χ1) is 14.5. The van der Waals surface area contributed by atoms with Gasteiger partial charge in [0, 0.05) is 17.6 Å². The van der Waals surface area contributed by atoms with Crippen molar-refractivity contribution in [3.8, 4) is 0 Å². The van der Waals surface area contributed by atoms with Gasteiger partial charge < -0.3 is 10.2 Å². The lowest BCUT2D eigenvalue weighted by atomic mass is 9.92. The average Bonchev–Trinajstić information content (AvgIpc) is 2.71. The van der Waals surface area contributed by atoms with Gasteiger partial charge in [0.1, 0.15) is 0 Å². The van der Waals surface area contributed by atoms with E-state index in [1.165, 1.54) is 55.7 Å². The first-order valence-electron chi connectivity index (χ1n) is 12.0. The van der Waals surface area contributed by atoms with Crippen molar-refractivity contribution in [1.29, 1.82) is 0 Å². The molecular formula is C26H40ClN3. The lowest BCUT2D eigenvalue weighted by Crippen LogP contribution is -2.30. The van der Waals surface area contributed by atoms with E-state index in [2.05, 4.69) is 44.0 Å². The highest BCUT2D eigenvalue weighted by atomic mass is 35.5. The number of rotatable bonds is 11. The van der Waals surface area contributed by atoms with Crippen LogP contribution in [0.4, 0.5) is 5.69 Å². The second-order valence-corrected chi connectivity index (χ2v) is 10.1. The Kier molecular flexibility index (Phi) is 8.83. The third-order valence-electron chi connectivity index (χ3n) is 6.24. The van der Waals surface area contributed by atoms with E-state index in [1.54, 1.807) is 0 Å². The highest BCUT2D eigenvalue weighted by Crippen LogP contribution is 2.36. The number of nitrogens with one attached hydrogen (secondary N) is 1. The predicted octanol–water partition coefficient (Wildman–Crippen LogP) is 6.96. The number of aryl methyl sites for hydroxylation is 1. The first kappa shape index (κ1) is 23.3. The molecule has 1 aromatic carbocycles. The van der Waals surface area contributed by atoms with Gasteiger partial charge in [-0.3, -0.25) is 4.98 Å². The monoisotopic (exact) mass is 429 g/mol. The molecule has 3 rings (SSSR count). The first-order valence-corrected chi connectivity index (χ1v) is 12.4. The van der Waals surface area contributed by atoms with Crippen LogP contribution in [0.3, 0.4) is 0 Å². The normalized spacial score (nSPS) is 14.1. The molecule has 1 N–H and O–H groups in total. The predicted molar refractivity (Wildman–Crippen MR) is 132 cm³/mol. The van der Waals surface area contributed by atoms with Gasteiger partial charge >= 0.3 is 0 Å². The summed E-state index contributed by atoms with van der Waals surface area (Å²) in [6.07, 6.45) is 8.40. The van der Waals surface area contributed by atoms with Crippen molar-refractivity contribution in [2.45, 2.75) is 72.6 Å². The van der Waals surface area contributed by atoms with Crippen LogP contribution in [0.2, 0.25) is 5.02 Å². The van der Waals surface area contributed by atoms with Crippen molar-refractivity contribution >= 4 is 28.2 Å². The number of anilines is 1. The third-order valence-corrected chi connectivity index (χ3v) is 6.55. The topological polar surface area (TPSA) is 28.2 Å². The summed E-state index contributed by atoms with van der Waals surface area (Å²) in [7, 11) is 0. The van der Waals surface area contributed by atoms with E-state index < -0.39 is 0 Å². The highest BCUT2D eigenvalue weighted by molar-refractivity contribution is 6.36. The summed E-state index contributed by atoms with van der Waals surface area (Å²) in [6, 6.07) is 6.10. The molecule has 166 valence electrons. The summed E-state index contributed by atoms with van der Waals surface area (Å²) in [4.78, 5) is 7.60. The number of hydrogen-bond donors (Lipinski definition) is 1. The van der Waals surface area contributed by atoms with Crippen LogP contribution in [0.5, 0.6) is 0 Å². The third kappa shape index (κ3) is 6.34. The van der Waals surface area contributed by atoms with Gasteiger partial charge in [-0.1, -0.05) is 45.4 Å². The van der Waals surface area contributed by atoms with Crippen molar-refractivity contribution in [2.75, 3.05) is 31.5 Å². The van der Waals surface area contributed by atoms with Crippen molar-refractivity contribution in [3.05, 3.63) is 34.5 Å². The van der Waals surface area contributed by atoms with E-state index in [1.807, 2.05) is 12.1 Å². The maximum atomic E-state index is 6.62. The Labute approximate surface area is 188 Å². The van der Waals surface area contributed by atoms with E-state index in [-0.39, 0.29) is 0 Å². The van der Waals surface area contributed by atoms with Crippen LogP contribution < -0.4 is 5.32 Å². The number of benzene rings is 1. The number of nitrogens with zero attached hydrogens (tertiary/aromatic N) is 2. The van der Waals surface area contributed by atoms with Crippen LogP contribution in [-0.2, 0) is 12.8 Å². The summed E-state index contributed by atoms with van der Waals surface area (Å²) in [5.41, 5.74) is 4.95. The van der Waals surface area contributed by atoms with Gasteiger partial charge in [-0.25, -0.2) is 0 Å². The van der Waals surface area contributed by atoms with Gasteiger partial charge in [-0.2, -0.15) is 0 Å². The minimum atomic E-state index is 0.765. The standard InChI is InChI=1S/C26H40ClN3/c1-19(2)13-17-30(18-14-20(3)4)16-8-15-28-26-21-9-5-6-11-23(21)29-24-12-7-10-22(27)25(24)26/h7,10,12,19-20H,5-6,8-9,11,13-18H2,1-4H3,(H,28,29). The highest BCUT2D eigenvalue weighted by Gasteiger charge is 2.19. The largest absolute Gasteiger partial charge is 0.384 e. The second-order valence-electron chi connectivity index (χ2n) is 9.74. The maximum Gasteiger partial charge on any atom is 0.0741 e. The Morgan fingerprint density at radius 2 is 1.70 bits per heavy atom. The van der Waals surface area contributed by atoms with Gasteiger partial charge in [0.05, 0.1) is 16.2 Å². The summed E-state index contributed by atoms with van der Waals surface area (Å²) in [5.74, 6) is 1.53. The summed E-state index contributed by atoms with van der Waals surface area (Å²) in [6.45, 7) is 13.9. The molecule has 0 saturated heterocycles. The molecule has 1 aliphatic rings. The SMILES string of the molecule is CC(C)CCN(CCCNc1c2c(nc3cccc(Cl)c13)CCCC2)CCC(C)C. The zero-order chi connectivity index (χ0) is 21.5. The molecule has 1 heterocycles. The summed E-state index contributed by atoms with van der Waals surface area (Å²) >= 11 is 6.62. The molecule has 1 aromatic heterocycles. The van der Waals surface area contributed by atoms with Crippen LogP contribution in [-0.4, -0.2) is 36.1 Å². The van der Waals surface area contributed by atoms with Gasteiger partial charge in [0.2, 0.25) is 0 Å². The Balaban J connectivity index is 1.67. The minimum absolute atomic E-state index is 0.765. The van der Waals surface area contributed by atoms with Crippen molar-refractivity contribution in [1.82, 2.24) is 9.88 Å². The molecule has 4 heteroatoms. The molecule has 0 saturated carbocycles. The minimum Gasteiger partial charge on any atom is -0.384 e. The Bertz CT molecular complexity index is 804. The number of fused-ring (bicyclic) bond motifs is 2. The van der Waals surface area contributed by atoms with Gasteiger partial charge in [0.25, 0.3) is 0 Å². The van der Waals surface area contributed by atoms with Crippen molar-refractivity contribution in [2.24, 2.45) is 11.8 Å². The fraction of sp³-hybridized carbons (Fsp3) is 0.654. The van der Waals surface area contributed by atoms with E-state index in [0.29, 0.717) is 0 Å². The van der Waals surface area contributed by atoms with Crippen LogP contribution >= 0.6 is 11.6 Å². The molecule has 1 aliphatic carbocycles. The fourth-order valence-electron chi connectivity index (χ4n) is 4.36. The van der Waals surface area contributed by atoms with Crippen LogP contribution in [0, 0.1) is 11.8 Å². The van der Waals surface area contributed by atoms with Gasteiger partial charge in [-0.05, 0) is 94.1 Å². The quantitative estimate of drug-likeness (QED) is 0.391. The van der Waals surface area contributed by atoms with Crippen LogP contribution in [0.15, 0.2) is 18.2 Å². The Morgan fingerprint density at radius 1 is 1.00 bits per heavy atom. The van der Waals surface area contributed by atoms with Crippen LogP contribution in [0.25, 0.3) is 10.9 Å². The Morgan fingerprint density at radius 3 is 2.40 bits per heavy atom. The average molecular weight is 430 g/mol. The van der Waals surface area contributed by atoms with E-state index in [9.17, 15) is 0 Å². The number of hydrogen-bond acceptors (Lipinski definition) is 3. The molecular weight excluding hydrogens is 390 g/mol. The zero-order valence-electron chi connectivity index (χ0n) is 19.4. The smallest absolute Gasteiger partial charge is 0.0741 e. The van der Waals surface area contributed by atoms with Gasteiger partial charge in [-0.15, -0.1) is 0 Å². The molecule has 0 amide bonds. The molecule has 0 fully saturated rings. The molecule has 0 aliphatic heterocycles. The van der Waals surface area contributed by atoms with E-state index in [0.717, 1.165) is 60.1 Å². The van der Waals surface area contributed by atoms with Crippen molar-refractivity contribution in [3.63, 3.8) is 0 Å². The second kappa shape index (κ2) is 11.3. The lowest BCUT2D eigenvalue weighted by molar-refractivity contribution is 0.243. The van der Waals surface area contributed by atoms with E-state index >= 15 is 0 Å². The summed E-state index contributed by atoms with van der Waals surface area (Å²) in [5, 5.41) is 5.71. The molecule has 0 spiro atoms. The molecule has 0 unspecified atom stereocenters. The summed E-state index contributed by atoms with van der Waals surface area (Å²) < 4.78 is 0. The Hall–Kier alpha value is -1.32. The lowest BCUT2D eigenvalue weighted by Gasteiger charge is -2.25. The molecule has 0 bridgehead atoms. The fourth-order valence-corrected chi connectivity index (χ4v) is 4.62. The van der Waals surface area contributed by atoms with Crippen LogP contribution in [0.1, 0.15) is 71.1 Å². The zero-order valence-corrected chi connectivity index (χ0v) is 20.2. The number of halogens is 1. The molecule has 0 atom stereocenters. The van der Waals surface area contributed by atoms with E-state index in [4.69, 9.17) is 16.6 Å².